The fourth-order valence-electron chi connectivity index (χ4n) is 2.54. The summed E-state index contributed by atoms with van der Waals surface area (Å²) < 4.78 is 5.95. The average molecular weight is 262 g/mol. The van der Waals surface area contributed by atoms with E-state index in [4.69, 9.17) is 16.2 Å². The van der Waals surface area contributed by atoms with Crippen molar-refractivity contribution in [3.63, 3.8) is 0 Å². The second-order valence-corrected chi connectivity index (χ2v) is 6.07. The van der Waals surface area contributed by atoms with Crippen LogP contribution >= 0.6 is 0 Å². The van der Waals surface area contributed by atoms with Gasteiger partial charge in [-0.2, -0.15) is 0 Å². The van der Waals surface area contributed by atoms with Crippen LogP contribution < -0.4 is 16.2 Å². The van der Waals surface area contributed by atoms with Crippen LogP contribution in [-0.2, 0) is 0 Å². The standard InChI is InChI=1S/C15H22N2O2/c1-15(2)8-6-10(7-9-15)19-13-11(14(17)18)4-3-5-12(13)16/h3-5,10H,6-9,16H2,1-2H3,(H2,17,18). The third kappa shape index (κ3) is 3.19. The summed E-state index contributed by atoms with van der Waals surface area (Å²) in [4.78, 5) is 11.4. The first kappa shape index (κ1) is 13.7. The van der Waals surface area contributed by atoms with Crippen LogP contribution in [0.25, 0.3) is 0 Å². The predicted octanol–water partition coefficient (Wildman–Crippen LogP) is 2.72. The van der Waals surface area contributed by atoms with Crippen LogP contribution in [-0.4, -0.2) is 12.0 Å². The zero-order valence-electron chi connectivity index (χ0n) is 11.6. The first-order valence-corrected chi connectivity index (χ1v) is 6.74. The van der Waals surface area contributed by atoms with Crippen LogP contribution in [0.3, 0.4) is 0 Å². The third-order valence-corrected chi connectivity index (χ3v) is 3.88. The van der Waals surface area contributed by atoms with E-state index in [0.29, 0.717) is 22.4 Å². The third-order valence-electron chi connectivity index (χ3n) is 3.88. The van der Waals surface area contributed by atoms with Crippen LogP contribution in [0, 0.1) is 5.41 Å². The Kier molecular flexibility index (Phi) is 3.69. The molecule has 19 heavy (non-hydrogen) atoms. The van der Waals surface area contributed by atoms with E-state index in [-0.39, 0.29) is 6.10 Å². The van der Waals surface area contributed by atoms with Crippen molar-refractivity contribution in [1.29, 1.82) is 0 Å². The molecule has 1 aromatic carbocycles. The summed E-state index contributed by atoms with van der Waals surface area (Å²) >= 11 is 0. The Labute approximate surface area is 114 Å². The van der Waals surface area contributed by atoms with Gasteiger partial charge < -0.3 is 16.2 Å². The highest BCUT2D eigenvalue weighted by Gasteiger charge is 2.28. The number of hydrogen-bond donors (Lipinski definition) is 2. The van der Waals surface area contributed by atoms with Crippen molar-refractivity contribution < 1.29 is 9.53 Å². The fourth-order valence-corrected chi connectivity index (χ4v) is 2.54. The largest absolute Gasteiger partial charge is 0.487 e. The van der Waals surface area contributed by atoms with E-state index in [0.717, 1.165) is 25.7 Å². The van der Waals surface area contributed by atoms with E-state index in [1.807, 2.05) is 0 Å². The van der Waals surface area contributed by atoms with Gasteiger partial charge in [-0.3, -0.25) is 4.79 Å². The lowest BCUT2D eigenvalue weighted by Crippen LogP contribution is -2.29. The van der Waals surface area contributed by atoms with Gasteiger partial charge in [-0.05, 0) is 43.2 Å². The summed E-state index contributed by atoms with van der Waals surface area (Å²) in [6.45, 7) is 4.55. The minimum absolute atomic E-state index is 0.121. The highest BCUT2D eigenvalue weighted by atomic mass is 16.5. The van der Waals surface area contributed by atoms with Crippen LogP contribution in [0.5, 0.6) is 5.75 Å². The van der Waals surface area contributed by atoms with E-state index in [1.54, 1.807) is 18.2 Å². The Bertz CT molecular complexity index is 473. The Morgan fingerprint density at radius 2 is 1.95 bits per heavy atom. The molecule has 1 amide bonds. The maximum Gasteiger partial charge on any atom is 0.252 e. The summed E-state index contributed by atoms with van der Waals surface area (Å²) in [5, 5.41) is 0. The van der Waals surface area contributed by atoms with Crippen LogP contribution in [0.2, 0.25) is 0 Å². The Hall–Kier alpha value is -1.71. The minimum Gasteiger partial charge on any atom is -0.487 e. The van der Waals surface area contributed by atoms with Gasteiger partial charge in [-0.1, -0.05) is 19.9 Å². The number of carbonyl (C=O) groups excluding carboxylic acids is 1. The van der Waals surface area contributed by atoms with E-state index in [2.05, 4.69) is 13.8 Å². The molecule has 0 radical (unpaired) electrons. The van der Waals surface area contributed by atoms with Crippen molar-refractivity contribution >= 4 is 11.6 Å². The zero-order valence-corrected chi connectivity index (χ0v) is 11.6. The van der Waals surface area contributed by atoms with Crippen LogP contribution in [0.1, 0.15) is 49.9 Å². The molecule has 1 saturated carbocycles. The van der Waals surface area contributed by atoms with E-state index in [9.17, 15) is 4.79 Å². The van der Waals surface area contributed by atoms with Gasteiger partial charge in [0.15, 0.2) is 5.75 Å². The number of para-hydroxylation sites is 1. The summed E-state index contributed by atoms with van der Waals surface area (Å²) in [6, 6.07) is 5.10. The zero-order chi connectivity index (χ0) is 14.0. The monoisotopic (exact) mass is 262 g/mol. The highest BCUT2D eigenvalue weighted by Crippen LogP contribution is 2.38. The van der Waals surface area contributed by atoms with Gasteiger partial charge in [0.2, 0.25) is 0 Å². The van der Waals surface area contributed by atoms with Gasteiger partial charge in [0, 0.05) is 0 Å². The molecule has 0 aliphatic heterocycles. The SMILES string of the molecule is CC1(C)CCC(Oc2c(N)cccc2C(N)=O)CC1. The molecule has 0 spiro atoms. The molecular formula is C15H22N2O2. The smallest absolute Gasteiger partial charge is 0.252 e. The summed E-state index contributed by atoms with van der Waals surface area (Å²) in [7, 11) is 0. The van der Waals surface area contributed by atoms with Gasteiger partial charge in [0.1, 0.15) is 0 Å². The predicted molar refractivity (Wildman–Crippen MR) is 76.0 cm³/mol. The van der Waals surface area contributed by atoms with Gasteiger partial charge in [0.25, 0.3) is 5.91 Å². The van der Waals surface area contributed by atoms with Crippen LogP contribution in [0.4, 0.5) is 5.69 Å². The van der Waals surface area contributed by atoms with Crippen LogP contribution in [0.15, 0.2) is 18.2 Å². The van der Waals surface area contributed by atoms with Gasteiger partial charge in [-0.25, -0.2) is 0 Å². The lowest BCUT2D eigenvalue weighted by atomic mass is 9.76. The van der Waals surface area contributed by atoms with Crippen molar-refractivity contribution in [3.05, 3.63) is 23.8 Å². The molecule has 4 N–H and O–H groups in total. The first-order valence-electron chi connectivity index (χ1n) is 6.74. The van der Waals surface area contributed by atoms with Crippen molar-refractivity contribution in [2.45, 2.75) is 45.6 Å². The number of anilines is 1. The van der Waals surface area contributed by atoms with Crippen molar-refractivity contribution in [2.75, 3.05) is 5.73 Å². The fraction of sp³-hybridized carbons (Fsp3) is 0.533. The number of amides is 1. The normalized spacial score (nSPS) is 19.1. The molecule has 0 saturated heterocycles. The lowest BCUT2D eigenvalue weighted by molar-refractivity contribution is 0.0927. The molecule has 0 heterocycles. The molecule has 0 atom stereocenters. The van der Waals surface area contributed by atoms with E-state index < -0.39 is 5.91 Å². The number of ether oxygens (including phenoxy) is 1. The number of nitrogen functional groups attached to an aromatic ring is 1. The van der Waals surface area contributed by atoms with E-state index in [1.165, 1.54) is 0 Å². The number of hydrogen-bond acceptors (Lipinski definition) is 3. The quantitative estimate of drug-likeness (QED) is 0.822. The molecule has 4 heteroatoms. The molecule has 4 nitrogen and oxygen atoms in total. The molecule has 1 aliphatic rings. The molecule has 2 rings (SSSR count). The Morgan fingerprint density at radius 1 is 1.32 bits per heavy atom. The average Bonchev–Trinajstić information content (AvgIpc) is 2.33. The molecule has 1 aliphatic carbocycles. The topological polar surface area (TPSA) is 78.3 Å². The molecule has 1 aromatic rings. The van der Waals surface area contributed by atoms with Gasteiger partial charge in [-0.15, -0.1) is 0 Å². The summed E-state index contributed by atoms with van der Waals surface area (Å²) in [6.07, 6.45) is 4.34. The Morgan fingerprint density at radius 3 is 2.53 bits per heavy atom. The molecule has 0 bridgehead atoms. The Balaban J connectivity index is 2.14. The maximum atomic E-state index is 11.4. The van der Waals surface area contributed by atoms with Crippen molar-refractivity contribution in [2.24, 2.45) is 11.1 Å². The van der Waals surface area contributed by atoms with Gasteiger partial charge in [0.05, 0.1) is 17.4 Å². The summed E-state index contributed by atoms with van der Waals surface area (Å²) in [5.74, 6) is -0.0573. The molecular weight excluding hydrogens is 240 g/mol. The summed E-state index contributed by atoms with van der Waals surface area (Å²) in [5.41, 5.74) is 12.5. The van der Waals surface area contributed by atoms with Crippen molar-refractivity contribution in [1.82, 2.24) is 0 Å². The minimum atomic E-state index is -0.501. The number of carbonyl (C=O) groups is 1. The highest BCUT2D eigenvalue weighted by molar-refractivity contribution is 5.97. The molecule has 104 valence electrons. The maximum absolute atomic E-state index is 11.4. The number of rotatable bonds is 3. The van der Waals surface area contributed by atoms with Crippen molar-refractivity contribution in [3.8, 4) is 5.75 Å². The number of primary amides is 1. The molecule has 0 aromatic heterocycles. The second kappa shape index (κ2) is 5.11. The van der Waals surface area contributed by atoms with Gasteiger partial charge >= 0.3 is 0 Å². The lowest BCUT2D eigenvalue weighted by Gasteiger charge is -2.34. The second-order valence-electron chi connectivity index (χ2n) is 6.07. The first-order chi connectivity index (χ1) is 8.89. The molecule has 0 unspecified atom stereocenters. The molecule has 1 fully saturated rings. The van der Waals surface area contributed by atoms with E-state index >= 15 is 0 Å². The number of benzene rings is 1. The number of nitrogens with two attached hydrogens (primary N) is 2.